The quantitative estimate of drug-likeness (QED) is 0.498. The van der Waals surface area contributed by atoms with Crippen molar-refractivity contribution in [1.29, 1.82) is 0 Å². The number of para-hydroxylation sites is 1. The van der Waals surface area contributed by atoms with Crippen LogP contribution in [0.2, 0.25) is 0 Å². The molecule has 8 heteroatoms. The van der Waals surface area contributed by atoms with Gasteiger partial charge in [0.15, 0.2) is 0 Å². The number of carbonyl (C=O) groups is 1. The van der Waals surface area contributed by atoms with Gasteiger partial charge in [0.25, 0.3) is 0 Å². The van der Waals surface area contributed by atoms with Crippen molar-refractivity contribution in [1.82, 2.24) is 5.32 Å². The molecule has 1 saturated heterocycles. The highest BCUT2D eigenvalue weighted by atomic mass is 16.7. The summed E-state index contributed by atoms with van der Waals surface area (Å²) in [6, 6.07) is 6.12. The number of benzene rings is 1. The summed E-state index contributed by atoms with van der Waals surface area (Å²) in [5.74, 6) is 0.193. The fourth-order valence-corrected chi connectivity index (χ4v) is 3.43. The Morgan fingerprint density at radius 1 is 1.29 bits per heavy atom. The topological polar surface area (TPSA) is 128 Å². The van der Waals surface area contributed by atoms with Gasteiger partial charge in [0.1, 0.15) is 35.9 Å². The Hall–Kier alpha value is -2.39. The lowest BCUT2D eigenvalue weighted by molar-refractivity contribution is -0.244. The zero-order valence-corrected chi connectivity index (χ0v) is 15.5. The molecule has 1 fully saturated rings. The summed E-state index contributed by atoms with van der Waals surface area (Å²) in [7, 11) is 0. The van der Waals surface area contributed by atoms with E-state index in [4.69, 9.17) is 9.47 Å². The number of aliphatic hydroxyl groups is 4. The second kappa shape index (κ2) is 8.74. The van der Waals surface area contributed by atoms with Crippen LogP contribution in [0.1, 0.15) is 25.3 Å². The molecule has 28 heavy (non-hydrogen) atoms. The van der Waals surface area contributed by atoms with Gasteiger partial charge in [0.2, 0.25) is 12.2 Å². The van der Waals surface area contributed by atoms with Crippen molar-refractivity contribution in [2.45, 2.75) is 50.4 Å². The van der Waals surface area contributed by atoms with Gasteiger partial charge in [-0.1, -0.05) is 18.2 Å². The van der Waals surface area contributed by atoms with Gasteiger partial charge in [-0.25, -0.2) is 0 Å². The third kappa shape index (κ3) is 4.36. The molecule has 152 valence electrons. The summed E-state index contributed by atoms with van der Waals surface area (Å²) in [6.07, 6.45) is -0.148. The molecular weight excluding hydrogens is 366 g/mol. The average Bonchev–Trinajstić information content (AvgIpc) is 2.67. The van der Waals surface area contributed by atoms with E-state index in [-0.39, 0.29) is 5.76 Å². The van der Waals surface area contributed by atoms with Crippen LogP contribution < -0.4 is 10.1 Å². The number of ether oxygens (including phenoxy) is 2. The number of hydrogen-bond donors (Lipinski definition) is 5. The van der Waals surface area contributed by atoms with Crippen LogP contribution in [0.15, 0.2) is 42.2 Å². The molecule has 2 aliphatic rings. The molecule has 0 bridgehead atoms. The minimum atomic E-state index is -1.38. The third-order valence-corrected chi connectivity index (χ3v) is 4.82. The maximum absolute atomic E-state index is 11.6. The molecular formula is C20H25NO7. The first-order valence-electron chi connectivity index (χ1n) is 9.16. The fraction of sp³-hybridized carbons (Fsp3) is 0.450. The largest absolute Gasteiger partial charge is 0.508 e. The Morgan fingerprint density at radius 3 is 2.71 bits per heavy atom. The van der Waals surface area contributed by atoms with Crippen molar-refractivity contribution in [3.05, 3.63) is 47.7 Å². The second-order valence-electron chi connectivity index (χ2n) is 6.88. The van der Waals surface area contributed by atoms with E-state index >= 15 is 0 Å². The van der Waals surface area contributed by atoms with Crippen molar-refractivity contribution in [2.75, 3.05) is 6.61 Å². The Bertz CT molecular complexity index is 776. The van der Waals surface area contributed by atoms with Crippen LogP contribution in [0.25, 0.3) is 5.57 Å². The molecule has 1 amide bonds. The number of rotatable bonds is 5. The molecule has 0 aromatic heterocycles. The molecule has 1 aromatic rings. The molecule has 0 saturated carbocycles. The third-order valence-electron chi connectivity index (χ3n) is 4.82. The van der Waals surface area contributed by atoms with E-state index in [2.05, 4.69) is 5.32 Å². The molecule has 1 aromatic carbocycles. The van der Waals surface area contributed by atoms with Crippen molar-refractivity contribution in [3.8, 4) is 5.75 Å². The summed E-state index contributed by atoms with van der Waals surface area (Å²) in [5.41, 5.74) is 1.62. The minimum absolute atomic E-state index is 0.181. The van der Waals surface area contributed by atoms with E-state index in [1.807, 2.05) is 12.1 Å². The van der Waals surface area contributed by atoms with Crippen molar-refractivity contribution in [2.24, 2.45) is 0 Å². The fourth-order valence-electron chi connectivity index (χ4n) is 3.43. The second-order valence-corrected chi connectivity index (χ2v) is 6.88. The molecule has 1 aliphatic heterocycles. The van der Waals surface area contributed by atoms with Crippen LogP contribution in [0.4, 0.5) is 0 Å². The first-order chi connectivity index (χ1) is 13.4. The monoisotopic (exact) mass is 391 g/mol. The molecule has 1 aliphatic carbocycles. The van der Waals surface area contributed by atoms with Crippen LogP contribution in [-0.4, -0.2) is 63.6 Å². The van der Waals surface area contributed by atoms with Crippen molar-refractivity contribution in [3.63, 3.8) is 0 Å². The molecule has 8 nitrogen and oxygen atoms in total. The summed E-state index contributed by atoms with van der Waals surface area (Å²) in [6.45, 7) is 0.764. The number of hydrogen-bond acceptors (Lipinski definition) is 7. The molecule has 1 heterocycles. The predicted octanol–water partition coefficient (Wildman–Crippen LogP) is 0.628. The molecule has 0 radical (unpaired) electrons. The lowest BCUT2D eigenvalue weighted by Crippen LogP contribution is -2.65. The van der Waals surface area contributed by atoms with Gasteiger partial charge < -0.3 is 35.2 Å². The number of carbonyl (C=O) groups excluding carboxylic acids is 1. The smallest absolute Gasteiger partial charge is 0.223 e. The van der Waals surface area contributed by atoms with Gasteiger partial charge in [-0.2, -0.15) is 0 Å². The van der Waals surface area contributed by atoms with E-state index in [1.165, 1.54) is 6.92 Å². The van der Waals surface area contributed by atoms with Gasteiger partial charge in [-0.3, -0.25) is 4.79 Å². The maximum Gasteiger partial charge on any atom is 0.223 e. The van der Waals surface area contributed by atoms with E-state index in [9.17, 15) is 25.2 Å². The lowest BCUT2D eigenvalue weighted by atomic mass is 9.95. The Labute approximate surface area is 162 Å². The highest BCUT2D eigenvalue weighted by Gasteiger charge is 2.46. The molecule has 3 rings (SSSR count). The molecule has 5 N–H and O–H groups in total. The Kier molecular flexibility index (Phi) is 6.35. The Morgan fingerprint density at radius 2 is 2.04 bits per heavy atom. The number of allylic oxidation sites excluding steroid dienone is 3. The zero-order valence-electron chi connectivity index (χ0n) is 15.5. The normalized spacial score (nSPS) is 30.2. The van der Waals surface area contributed by atoms with Crippen LogP contribution in [0, 0.1) is 0 Å². The van der Waals surface area contributed by atoms with Crippen LogP contribution in [0.5, 0.6) is 5.75 Å². The SMILES string of the molecule is CC(=O)NC1C(Oc2ccccc2C2=CC(O)=CCC2)OC(CO)C(O)C1O. The van der Waals surface area contributed by atoms with E-state index in [0.717, 1.165) is 11.1 Å². The van der Waals surface area contributed by atoms with E-state index in [0.29, 0.717) is 18.6 Å². The highest BCUT2D eigenvalue weighted by Crippen LogP contribution is 2.34. The van der Waals surface area contributed by atoms with Gasteiger partial charge in [-0.05, 0) is 36.6 Å². The van der Waals surface area contributed by atoms with Crippen LogP contribution in [0.3, 0.4) is 0 Å². The van der Waals surface area contributed by atoms with E-state index in [1.54, 1.807) is 24.3 Å². The number of aliphatic hydroxyl groups excluding tert-OH is 4. The highest BCUT2D eigenvalue weighted by molar-refractivity contribution is 5.74. The van der Waals surface area contributed by atoms with Gasteiger partial charge in [-0.15, -0.1) is 0 Å². The molecule has 0 spiro atoms. The number of amides is 1. The maximum atomic E-state index is 11.6. The van der Waals surface area contributed by atoms with Crippen LogP contribution in [-0.2, 0) is 9.53 Å². The zero-order chi connectivity index (χ0) is 20.3. The summed E-state index contributed by atoms with van der Waals surface area (Å²) < 4.78 is 11.6. The van der Waals surface area contributed by atoms with Gasteiger partial charge in [0, 0.05) is 12.5 Å². The van der Waals surface area contributed by atoms with Gasteiger partial charge in [0.05, 0.1) is 6.61 Å². The van der Waals surface area contributed by atoms with Gasteiger partial charge >= 0.3 is 0 Å². The molecule has 5 atom stereocenters. The minimum Gasteiger partial charge on any atom is -0.508 e. The van der Waals surface area contributed by atoms with Crippen LogP contribution >= 0.6 is 0 Å². The van der Waals surface area contributed by atoms with Crippen molar-refractivity contribution < 1.29 is 34.7 Å². The number of nitrogens with one attached hydrogen (secondary N) is 1. The average molecular weight is 391 g/mol. The standard InChI is InChI=1S/C20H25NO7/c1-11(23)21-17-19(26)18(25)16(10-22)28-20(17)27-15-8-3-2-7-14(15)12-5-4-6-13(24)9-12/h2-3,6-9,16-20,22,24-26H,4-5,10H2,1H3,(H,21,23). The summed E-state index contributed by atoms with van der Waals surface area (Å²) in [4.78, 5) is 11.6. The van der Waals surface area contributed by atoms with Crippen molar-refractivity contribution >= 4 is 11.5 Å². The lowest BCUT2D eigenvalue weighted by Gasteiger charge is -2.42. The summed E-state index contributed by atoms with van der Waals surface area (Å²) in [5, 5.41) is 42.3. The first kappa shape index (κ1) is 20.3. The Balaban J connectivity index is 1.90. The first-order valence-corrected chi connectivity index (χ1v) is 9.16. The summed E-state index contributed by atoms with van der Waals surface area (Å²) >= 11 is 0. The van der Waals surface area contributed by atoms with E-state index < -0.39 is 43.2 Å². The molecule has 5 unspecified atom stereocenters. The predicted molar refractivity (Wildman–Crippen MR) is 100 cm³/mol.